The van der Waals surface area contributed by atoms with Gasteiger partial charge in [-0.25, -0.2) is 0 Å². The topological polar surface area (TPSA) is 51.1 Å². The summed E-state index contributed by atoms with van der Waals surface area (Å²) in [4.78, 5) is 7.97. The Morgan fingerprint density at radius 3 is 1.60 bits per heavy atom. The van der Waals surface area contributed by atoms with E-state index in [1.165, 1.54) is 0 Å². The average molecular weight is 85.0 g/mol. The SMILES string of the molecule is NC1OO1.[NaH]. The number of nitrogens with two attached hydrogens (primary N) is 1. The predicted molar refractivity (Wildman–Crippen MR) is 17.3 cm³/mol. The van der Waals surface area contributed by atoms with E-state index in [0.717, 1.165) is 0 Å². The zero-order valence-electron chi connectivity index (χ0n) is 1.97. The standard InChI is InChI=1S/CH3NO2.Na.H/c2-1-3-4-1;;/h1H,2H2;;. The molecule has 3 nitrogen and oxygen atoms in total. The molecule has 0 amide bonds. The van der Waals surface area contributed by atoms with Gasteiger partial charge in [0.15, 0.2) is 0 Å². The Kier molecular flexibility index (Phi) is 2.50. The summed E-state index contributed by atoms with van der Waals surface area (Å²) in [5.41, 5.74) is 4.78. The van der Waals surface area contributed by atoms with Crippen molar-refractivity contribution >= 4 is 29.6 Å². The number of rotatable bonds is 0. The first-order chi connectivity index (χ1) is 1.89. The van der Waals surface area contributed by atoms with Gasteiger partial charge in [0, 0.05) is 0 Å². The molecule has 5 heavy (non-hydrogen) atoms. The Bertz CT molecular complexity index is 28.8. The molecule has 0 radical (unpaired) electrons. The molecule has 26 valence electrons. The molecule has 0 saturated carbocycles. The molecule has 0 aromatic heterocycles. The van der Waals surface area contributed by atoms with E-state index in [1.807, 2.05) is 0 Å². The summed E-state index contributed by atoms with van der Waals surface area (Å²) < 4.78 is 0. The molecule has 0 bridgehead atoms. The molecule has 1 aliphatic heterocycles. The normalized spacial score (nSPS) is 21.0. The van der Waals surface area contributed by atoms with E-state index in [4.69, 9.17) is 5.73 Å². The molecule has 1 heterocycles. The Balaban J connectivity index is 0.000000160. The molecule has 0 aliphatic carbocycles. The Hall–Kier alpha value is 0.880. The van der Waals surface area contributed by atoms with Gasteiger partial charge < -0.3 is 0 Å². The molecule has 1 aliphatic rings. The van der Waals surface area contributed by atoms with Crippen LogP contribution in [0.3, 0.4) is 0 Å². The van der Waals surface area contributed by atoms with Gasteiger partial charge >= 0.3 is 29.6 Å². The van der Waals surface area contributed by atoms with Crippen LogP contribution in [-0.2, 0) is 9.78 Å². The van der Waals surface area contributed by atoms with Gasteiger partial charge in [-0.2, -0.15) is 9.78 Å². The molecular weight excluding hydrogens is 81.0 g/mol. The van der Waals surface area contributed by atoms with Gasteiger partial charge in [0.25, 0.3) is 6.41 Å². The summed E-state index contributed by atoms with van der Waals surface area (Å²) in [5.74, 6) is 0. The molecule has 4 heteroatoms. The molecule has 1 rings (SSSR count). The van der Waals surface area contributed by atoms with E-state index < -0.39 is 6.41 Å². The minimum atomic E-state index is -0.417. The monoisotopic (exact) mass is 85.0 g/mol. The summed E-state index contributed by atoms with van der Waals surface area (Å²) in [6, 6.07) is 0. The van der Waals surface area contributed by atoms with Gasteiger partial charge in [-0.3, -0.25) is 5.73 Å². The van der Waals surface area contributed by atoms with Crippen molar-refractivity contribution in [3.05, 3.63) is 0 Å². The van der Waals surface area contributed by atoms with Crippen LogP contribution in [0.5, 0.6) is 0 Å². The second-order valence-corrected chi connectivity index (χ2v) is 0.561. The van der Waals surface area contributed by atoms with E-state index in [9.17, 15) is 0 Å². The summed E-state index contributed by atoms with van der Waals surface area (Å²) in [6.07, 6.45) is -0.417. The van der Waals surface area contributed by atoms with E-state index >= 15 is 0 Å². The summed E-state index contributed by atoms with van der Waals surface area (Å²) in [5, 5.41) is 0. The zero-order valence-corrected chi connectivity index (χ0v) is 1.97. The third-order valence-electron chi connectivity index (χ3n) is 0.207. The fourth-order valence-electron chi connectivity index (χ4n) is 0.0321. The molecule has 0 unspecified atom stereocenters. The summed E-state index contributed by atoms with van der Waals surface area (Å²) in [7, 11) is 0. The maximum atomic E-state index is 4.78. The fourth-order valence-corrected chi connectivity index (χ4v) is 0.0321. The van der Waals surface area contributed by atoms with Gasteiger partial charge in [-0.05, 0) is 0 Å². The van der Waals surface area contributed by atoms with E-state index in [-0.39, 0.29) is 29.6 Å². The van der Waals surface area contributed by atoms with Crippen LogP contribution in [0.15, 0.2) is 0 Å². The first kappa shape index (κ1) is 5.88. The van der Waals surface area contributed by atoms with Crippen molar-refractivity contribution in [1.29, 1.82) is 0 Å². The first-order valence-electron chi connectivity index (χ1n) is 0.971. The molecule has 1 fully saturated rings. The third-order valence-corrected chi connectivity index (χ3v) is 0.207. The Morgan fingerprint density at radius 2 is 1.60 bits per heavy atom. The van der Waals surface area contributed by atoms with Crippen LogP contribution in [0, 0.1) is 0 Å². The van der Waals surface area contributed by atoms with Crippen LogP contribution in [0.4, 0.5) is 0 Å². The molecular formula is CH4NNaO2. The third kappa shape index (κ3) is 2.69. The van der Waals surface area contributed by atoms with Gasteiger partial charge in [-0.15, -0.1) is 0 Å². The minimum absolute atomic E-state index is 0. The van der Waals surface area contributed by atoms with Crippen molar-refractivity contribution in [3.8, 4) is 0 Å². The second-order valence-electron chi connectivity index (χ2n) is 0.561. The average Bonchev–Trinajstić information content (AvgIpc) is 1.75. The Morgan fingerprint density at radius 1 is 1.40 bits per heavy atom. The van der Waals surface area contributed by atoms with Crippen LogP contribution >= 0.6 is 0 Å². The van der Waals surface area contributed by atoms with Gasteiger partial charge in [0.05, 0.1) is 0 Å². The molecule has 0 aromatic carbocycles. The predicted octanol–water partition coefficient (Wildman–Crippen LogP) is -1.46. The van der Waals surface area contributed by atoms with Crippen LogP contribution < -0.4 is 5.73 Å². The van der Waals surface area contributed by atoms with E-state index in [0.29, 0.717) is 0 Å². The van der Waals surface area contributed by atoms with Gasteiger partial charge in [-0.1, -0.05) is 0 Å². The van der Waals surface area contributed by atoms with Crippen molar-refractivity contribution in [1.82, 2.24) is 0 Å². The molecule has 0 spiro atoms. The van der Waals surface area contributed by atoms with Crippen molar-refractivity contribution in [2.45, 2.75) is 6.41 Å². The van der Waals surface area contributed by atoms with Crippen LogP contribution in [0.25, 0.3) is 0 Å². The Labute approximate surface area is 51.6 Å². The van der Waals surface area contributed by atoms with Crippen molar-refractivity contribution in [2.75, 3.05) is 0 Å². The van der Waals surface area contributed by atoms with E-state index in [1.54, 1.807) is 0 Å². The fraction of sp³-hybridized carbons (Fsp3) is 1.00. The van der Waals surface area contributed by atoms with Crippen molar-refractivity contribution in [2.24, 2.45) is 5.73 Å². The zero-order chi connectivity index (χ0) is 2.99. The van der Waals surface area contributed by atoms with Crippen molar-refractivity contribution in [3.63, 3.8) is 0 Å². The van der Waals surface area contributed by atoms with Crippen LogP contribution in [-0.4, -0.2) is 36.0 Å². The second kappa shape index (κ2) is 2.12. The summed E-state index contributed by atoms with van der Waals surface area (Å²) >= 11 is 0. The summed E-state index contributed by atoms with van der Waals surface area (Å²) in [6.45, 7) is 0. The molecule has 0 atom stereocenters. The van der Waals surface area contributed by atoms with E-state index in [2.05, 4.69) is 9.78 Å². The first-order valence-corrected chi connectivity index (χ1v) is 0.971. The molecule has 1 saturated heterocycles. The van der Waals surface area contributed by atoms with Crippen LogP contribution in [0.2, 0.25) is 0 Å². The maximum absolute atomic E-state index is 4.78. The van der Waals surface area contributed by atoms with Crippen LogP contribution in [0.1, 0.15) is 0 Å². The van der Waals surface area contributed by atoms with Gasteiger partial charge in [0.2, 0.25) is 0 Å². The quantitative estimate of drug-likeness (QED) is 0.222. The number of hydrogen-bond donors (Lipinski definition) is 1. The molecule has 0 aromatic rings. The number of hydrogen-bond acceptors (Lipinski definition) is 3. The van der Waals surface area contributed by atoms with Crippen molar-refractivity contribution < 1.29 is 9.78 Å². The van der Waals surface area contributed by atoms with Gasteiger partial charge in [0.1, 0.15) is 0 Å². The molecule has 2 N–H and O–H groups in total.